The van der Waals surface area contributed by atoms with E-state index in [2.05, 4.69) is 39.6 Å². The van der Waals surface area contributed by atoms with Crippen molar-refractivity contribution in [2.45, 2.75) is 19.8 Å². The molecule has 1 atom stereocenters. The van der Waals surface area contributed by atoms with Crippen molar-refractivity contribution in [1.82, 2.24) is 5.32 Å². The summed E-state index contributed by atoms with van der Waals surface area (Å²) in [6, 6.07) is 2.13. The lowest BCUT2D eigenvalue weighted by Crippen LogP contribution is -2.12. The minimum atomic E-state index is 0.766. The van der Waals surface area contributed by atoms with E-state index < -0.39 is 0 Å². The SMILES string of the molecule is CNCCC(C)Cc1sccc1Br. The topological polar surface area (TPSA) is 12.0 Å². The smallest absolute Gasteiger partial charge is 0.0314 e. The molecule has 0 aliphatic carbocycles. The molecule has 0 amide bonds. The summed E-state index contributed by atoms with van der Waals surface area (Å²) in [6.45, 7) is 3.42. The van der Waals surface area contributed by atoms with Gasteiger partial charge in [-0.3, -0.25) is 0 Å². The quantitative estimate of drug-likeness (QED) is 0.858. The maximum Gasteiger partial charge on any atom is 0.0314 e. The number of rotatable bonds is 5. The van der Waals surface area contributed by atoms with Crippen LogP contribution in [0.2, 0.25) is 0 Å². The van der Waals surface area contributed by atoms with Crippen molar-refractivity contribution in [2.75, 3.05) is 13.6 Å². The van der Waals surface area contributed by atoms with Gasteiger partial charge in [-0.25, -0.2) is 0 Å². The van der Waals surface area contributed by atoms with Gasteiger partial charge in [0.25, 0.3) is 0 Å². The molecule has 0 radical (unpaired) electrons. The Kier molecular flexibility index (Phi) is 4.99. The van der Waals surface area contributed by atoms with Crippen molar-refractivity contribution in [1.29, 1.82) is 0 Å². The van der Waals surface area contributed by atoms with E-state index in [1.165, 1.54) is 22.2 Å². The van der Waals surface area contributed by atoms with Crippen LogP contribution in [0.1, 0.15) is 18.2 Å². The van der Waals surface area contributed by atoms with Crippen LogP contribution in [0.25, 0.3) is 0 Å². The zero-order valence-electron chi connectivity index (χ0n) is 8.14. The maximum absolute atomic E-state index is 3.56. The lowest BCUT2D eigenvalue weighted by molar-refractivity contribution is 0.517. The summed E-state index contributed by atoms with van der Waals surface area (Å²) in [4.78, 5) is 1.48. The van der Waals surface area contributed by atoms with Crippen molar-refractivity contribution in [2.24, 2.45) is 5.92 Å². The molecule has 0 spiro atoms. The molecule has 1 aromatic rings. The van der Waals surface area contributed by atoms with Crippen LogP contribution < -0.4 is 5.32 Å². The van der Waals surface area contributed by atoms with Crippen LogP contribution in [-0.4, -0.2) is 13.6 Å². The second kappa shape index (κ2) is 5.78. The van der Waals surface area contributed by atoms with Crippen LogP contribution in [0, 0.1) is 5.92 Å². The molecule has 0 saturated heterocycles. The molecule has 0 aliphatic rings. The highest BCUT2D eigenvalue weighted by atomic mass is 79.9. The van der Waals surface area contributed by atoms with Gasteiger partial charge in [-0.2, -0.15) is 0 Å². The van der Waals surface area contributed by atoms with Crippen molar-refractivity contribution in [3.63, 3.8) is 0 Å². The second-order valence-electron chi connectivity index (χ2n) is 3.39. The van der Waals surface area contributed by atoms with E-state index in [1.807, 2.05) is 18.4 Å². The summed E-state index contributed by atoms with van der Waals surface area (Å²) in [7, 11) is 2.01. The largest absolute Gasteiger partial charge is 0.320 e. The molecular weight excluding hydrogens is 246 g/mol. The Morgan fingerprint density at radius 3 is 2.92 bits per heavy atom. The molecule has 0 aromatic carbocycles. The third kappa shape index (κ3) is 3.79. The minimum Gasteiger partial charge on any atom is -0.320 e. The molecule has 74 valence electrons. The fourth-order valence-electron chi connectivity index (χ4n) is 1.28. The van der Waals surface area contributed by atoms with Gasteiger partial charge in [0.15, 0.2) is 0 Å². The van der Waals surface area contributed by atoms with Gasteiger partial charge in [0, 0.05) is 9.35 Å². The summed E-state index contributed by atoms with van der Waals surface area (Å²) >= 11 is 5.40. The van der Waals surface area contributed by atoms with Gasteiger partial charge in [-0.15, -0.1) is 11.3 Å². The van der Waals surface area contributed by atoms with Gasteiger partial charge in [0.05, 0.1) is 0 Å². The molecule has 1 aromatic heterocycles. The fraction of sp³-hybridized carbons (Fsp3) is 0.600. The first-order valence-electron chi connectivity index (χ1n) is 4.60. The molecule has 3 heteroatoms. The van der Waals surface area contributed by atoms with E-state index in [1.54, 1.807) is 0 Å². The van der Waals surface area contributed by atoms with E-state index >= 15 is 0 Å². The zero-order valence-corrected chi connectivity index (χ0v) is 10.5. The average Bonchev–Trinajstić information content (AvgIpc) is 2.48. The number of thiophene rings is 1. The highest BCUT2D eigenvalue weighted by molar-refractivity contribution is 9.10. The Balaban J connectivity index is 2.36. The van der Waals surface area contributed by atoms with E-state index in [9.17, 15) is 0 Å². The van der Waals surface area contributed by atoms with E-state index in [-0.39, 0.29) is 0 Å². The maximum atomic E-state index is 3.56. The Morgan fingerprint density at radius 2 is 2.38 bits per heavy atom. The van der Waals surface area contributed by atoms with Gasteiger partial charge in [-0.1, -0.05) is 6.92 Å². The lowest BCUT2D eigenvalue weighted by atomic mass is 10.0. The highest BCUT2D eigenvalue weighted by Gasteiger charge is 2.06. The summed E-state index contributed by atoms with van der Waals surface area (Å²) < 4.78 is 1.27. The summed E-state index contributed by atoms with van der Waals surface area (Å²) in [5.74, 6) is 0.766. The van der Waals surface area contributed by atoms with Crippen molar-refractivity contribution in [3.8, 4) is 0 Å². The van der Waals surface area contributed by atoms with Gasteiger partial charge in [0.2, 0.25) is 0 Å². The third-order valence-electron chi connectivity index (χ3n) is 2.11. The summed E-state index contributed by atoms with van der Waals surface area (Å²) in [6.07, 6.45) is 2.45. The normalized spacial score (nSPS) is 13.2. The first-order valence-corrected chi connectivity index (χ1v) is 6.27. The molecule has 1 unspecified atom stereocenters. The van der Waals surface area contributed by atoms with Crippen molar-refractivity contribution < 1.29 is 0 Å². The van der Waals surface area contributed by atoms with Crippen LogP contribution in [0.15, 0.2) is 15.9 Å². The monoisotopic (exact) mass is 261 g/mol. The molecule has 13 heavy (non-hydrogen) atoms. The first-order chi connectivity index (χ1) is 6.24. The molecule has 1 nitrogen and oxygen atoms in total. The predicted molar refractivity (Wildman–Crippen MR) is 63.4 cm³/mol. The standard InChI is InChI=1S/C10H16BrNS/c1-8(3-5-12-2)7-10-9(11)4-6-13-10/h4,6,8,12H,3,5,7H2,1-2H3. The summed E-state index contributed by atoms with van der Waals surface area (Å²) in [5, 5.41) is 5.33. The molecular formula is C10H16BrNS. The van der Waals surface area contributed by atoms with Gasteiger partial charge >= 0.3 is 0 Å². The van der Waals surface area contributed by atoms with E-state index in [0.29, 0.717) is 0 Å². The number of halogens is 1. The number of hydrogen-bond acceptors (Lipinski definition) is 2. The van der Waals surface area contributed by atoms with Crippen LogP contribution in [0.3, 0.4) is 0 Å². The van der Waals surface area contributed by atoms with E-state index in [4.69, 9.17) is 0 Å². The molecule has 1 heterocycles. The zero-order chi connectivity index (χ0) is 9.68. The molecule has 0 fully saturated rings. The van der Waals surface area contributed by atoms with Gasteiger partial charge in [0.1, 0.15) is 0 Å². The number of hydrogen-bond donors (Lipinski definition) is 1. The van der Waals surface area contributed by atoms with Crippen LogP contribution in [-0.2, 0) is 6.42 Å². The molecule has 0 bridgehead atoms. The van der Waals surface area contributed by atoms with Crippen LogP contribution in [0.4, 0.5) is 0 Å². The average molecular weight is 262 g/mol. The molecule has 0 saturated carbocycles. The minimum absolute atomic E-state index is 0.766. The molecule has 0 aliphatic heterocycles. The third-order valence-corrected chi connectivity index (χ3v) is 4.06. The van der Waals surface area contributed by atoms with E-state index in [0.717, 1.165) is 12.5 Å². The Hall–Kier alpha value is 0.140. The predicted octanol–water partition coefficient (Wildman–Crippen LogP) is 3.30. The van der Waals surface area contributed by atoms with Crippen molar-refractivity contribution >= 4 is 27.3 Å². The Labute approximate surface area is 92.7 Å². The second-order valence-corrected chi connectivity index (χ2v) is 5.25. The lowest BCUT2D eigenvalue weighted by Gasteiger charge is -2.09. The van der Waals surface area contributed by atoms with Crippen molar-refractivity contribution in [3.05, 3.63) is 20.8 Å². The van der Waals surface area contributed by atoms with Crippen LogP contribution >= 0.6 is 27.3 Å². The number of nitrogens with one attached hydrogen (secondary N) is 1. The highest BCUT2D eigenvalue weighted by Crippen LogP contribution is 2.26. The van der Waals surface area contributed by atoms with Gasteiger partial charge in [-0.05, 0) is 59.7 Å². The molecule has 1 rings (SSSR count). The Morgan fingerprint density at radius 1 is 1.62 bits per heavy atom. The van der Waals surface area contributed by atoms with Crippen LogP contribution in [0.5, 0.6) is 0 Å². The first kappa shape index (κ1) is 11.2. The molecule has 1 N–H and O–H groups in total. The fourth-order valence-corrected chi connectivity index (χ4v) is 2.96. The summed E-state index contributed by atoms with van der Waals surface area (Å²) in [5.41, 5.74) is 0. The van der Waals surface area contributed by atoms with Gasteiger partial charge < -0.3 is 5.32 Å². The Bertz CT molecular complexity index is 247.